The van der Waals surface area contributed by atoms with Crippen molar-refractivity contribution in [3.8, 4) is 0 Å². The summed E-state index contributed by atoms with van der Waals surface area (Å²) in [5.41, 5.74) is 0.211. The van der Waals surface area contributed by atoms with Crippen molar-refractivity contribution in [2.75, 3.05) is 19.8 Å². The van der Waals surface area contributed by atoms with Crippen molar-refractivity contribution >= 4 is 22.3 Å². The predicted molar refractivity (Wildman–Crippen MR) is 95.9 cm³/mol. The van der Waals surface area contributed by atoms with Gasteiger partial charge in [0, 0.05) is 32.3 Å². The Kier molecular flexibility index (Phi) is 9.94. The summed E-state index contributed by atoms with van der Waals surface area (Å²) in [4.78, 5) is 23.7. The van der Waals surface area contributed by atoms with E-state index >= 15 is 0 Å². The van der Waals surface area contributed by atoms with Gasteiger partial charge in [-0.05, 0) is 34.6 Å². The van der Waals surface area contributed by atoms with E-state index in [9.17, 15) is 9.59 Å². The zero-order valence-corrected chi connectivity index (χ0v) is 18.3. The number of alkyl carbamates (subject to hydrolysis) is 1. The third-order valence-electron chi connectivity index (χ3n) is 3.37. The summed E-state index contributed by atoms with van der Waals surface area (Å²) in [7, 11) is 0.352. The summed E-state index contributed by atoms with van der Waals surface area (Å²) in [5, 5.41) is 1.46. The number of carbonyl (C=O) groups is 2. The van der Waals surface area contributed by atoms with Gasteiger partial charge in [-0.25, -0.2) is 9.59 Å². The molecule has 0 heterocycles. The molecule has 2 atom stereocenters. The van der Waals surface area contributed by atoms with Crippen molar-refractivity contribution in [1.82, 2.24) is 5.32 Å². The van der Waals surface area contributed by atoms with Crippen LogP contribution in [-0.2, 0) is 28.5 Å². The SMILES string of the molecule is C=C(C)C(=O)OC(C)OC(=O)NC([SiH3])(OCC)C(C)(OCC)OCC. The monoisotopic (exact) mass is 377 g/mol. The zero-order chi connectivity index (χ0) is 19.7. The number of rotatable bonds is 11. The molecular formula is C16H31NO7Si. The summed E-state index contributed by atoms with van der Waals surface area (Å²) in [6, 6.07) is 0. The van der Waals surface area contributed by atoms with E-state index in [-0.39, 0.29) is 5.57 Å². The Bertz CT molecular complexity index is 465. The predicted octanol–water partition coefficient (Wildman–Crippen LogP) is 1.02. The van der Waals surface area contributed by atoms with E-state index in [0.717, 1.165) is 0 Å². The Morgan fingerprint density at radius 2 is 1.56 bits per heavy atom. The molecule has 0 radical (unpaired) electrons. The van der Waals surface area contributed by atoms with Crippen LogP contribution in [-0.4, -0.2) is 59.6 Å². The number of nitrogens with one attached hydrogen (secondary N) is 1. The van der Waals surface area contributed by atoms with Crippen LogP contribution >= 0.6 is 0 Å². The maximum absolute atomic E-state index is 12.2. The maximum atomic E-state index is 12.2. The van der Waals surface area contributed by atoms with Gasteiger partial charge in [-0.2, -0.15) is 0 Å². The molecule has 1 amide bonds. The molecule has 1 N–H and O–H groups in total. The molecule has 0 rings (SSSR count). The lowest BCUT2D eigenvalue weighted by Gasteiger charge is -2.45. The van der Waals surface area contributed by atoms with Gasteiger partial charge in [0.1, 0.15) is 0 Å². The lowest BCUT2D eigenvalue weighted by atomic mass is 10.2. The van der Waals surface area contributed by atoms with Crippen LogP contribution in [0, 0.1) is 0 Å². The zero-order valence-electron chi connectivity index (χ0n) is 16.3. The standard InChI is InChI=1S/C16H31NO7Si/c1-8-20-15(7,21-9-2)16(25,22-10-3)17-14(19)24-12(6)23-13(18)11(4)5/h12H,4,8-10H2,1-3,5-7,25H3,(H,17,19). The van der Waals surface area contributed by atoms with E-state index in [4.69, 9.17) is 23.7 Å². The average molecular weight is 378 g/mol. The van der Waals surface area contributed by atoms with Crippen LogP contribution in [0.25, 0.3) is 0 Å². The van der Waals surface area contributed by atoms with Crippen molar-refractivity contribution in [3.63, 3.8) is 0 Å². The highest BCUT2D eigenvalue weighted by Crippen LogP contribution is 2.27. The molecule has 0 saturated heterocycles. The highest BCUT2D eigenvalue weighted by molar-refractivity contribution is 6.16. The van der Waals surface area contributed by atoms with E-state index in [0.29, 0.717) is 30.1 Å². The fourth-order valence-corrected chi connectivity index (χ4v) is 2.87. The first kappa shape index (κ1) is 23.6. The molecule has 0 fully saturated rings. The number of carbonyl (C=O) groups excluding carboxylic acids is 2. The van der Waals surface area contributed by atoms with Crippen LogP contribution in [0.1, 0.15) is 41.5 Å². The number of esters is 1. The number of hydrogen-bond donors (Lipinski definition) is 1. The Morgan fingerprint density at radius 3 is 1.96 bits per heavy atom. The third kappa shape index (κ3) is 7.15. The summed E-state index contributed by atoms with van der Waals surface area (Å²) in [5.74, 6) is -1.83. The minimum atomic E-state index is -1.19. The molecule has 0 bridgehead atoms. The summed E-state index contributed by atoms with van der Waals surface area (Å²) >= 11 is 0. The van der Waals surface area contributed by atoms with Crippen molar-refractivity contribution in [3.05, 3.63) is 12.2 Å². The fraction of sp³-hybridized carbons (Fsp3) is 0.750. The van der Waals surface area contributed by atoms with Crippen molar-refractivity contribution in [1.29, 1.82) is 0 Å². The molecular weight excluding hydrogens is 346 g/mol. The van der Waals surface area contributed by atoms with Crippen molar-refractivity contribution in [2.24, 2.45) is 0 Å². The molecule has 0 saturated carbocycles. The lowest BCUT2D eigenvalue weighted by Crippen LogP contribution is -2.67. The Labute approximate surface area is 152 Å². The molecule has 8 nitrogen and oxygen atoms in total. The number of ether oxygens (including phenoxy) is 5. The second-order valence-electron chi connectivity index (χ2n) is 5.56. The van der Waals surface area contributed by atoms with E-state index in [1.54, 1.807) is 13.8 Å². The first-order valence-electron chi connectivity index (χ1n) is 8.32. The van der Waals surface area contributed by atoms with Crippen molar-refractivity contribution in [2.45, 2.75) is 59.0 Å². The second kappa shape index (κ2) is 10.5. The molecule has 0 spiro atoms. The van der Waals surface area contributed by atoms with Gasteiger partial charge in [-0.1, -0.05) is 6.58 Å². The summed E-state index contributed by atoms with van der Waals surface area (Å²) in [6.07, 6.45) is -1.89. The molecule has 9 heteroatoms. The molecule has 0 aromatic rings. The smallest absolute Gasteiger partial charge is 0.412 e. The van der Waals surface area contributed by atoms with Crippen LogP contribution in [0.3, 0.4) is 0 Å². The molecule has 0 aliphatic carbocycles. The molecule has 2 unspecified atom stereocenters. The largest absolute Gasteiger partial charge is 0.422 e. The van der Waals surface area contributed by atoms with Crippen LogP contribution < -0.4 is 5.32 Å². The van der Waals surface area contributed by atoms with Gasteiger partial charge in [0.2, 0.25) is 12.1 Å². The van der Waals surface area contributed by atoms with E-state index in [1.165, 1.54) is 13.8 Å². The normalized spacial score (nSPS) is 15.1. The maximum Gasteiger partial charge on any atom is 0.412 e. The quantitative estimate of drug-likeness (QED) is 0.249. The van der Waals surface area contributed by atoms with Gasteiger partial charge in [0.25, 0.3) is 0 Å². The minimum absolute atomic E-state index is 0.211. The molecule has 25 heavy (non-hydrogen) atoms. The van der Waals surface area contributed by atoms with Crippen LogP contribution in [0.2, 0.25) is 0 Å². The molecule has 146 valence electrons. The second-order valence-corrected chi connectivity index (χ2v) is 6.97. The summed E-state index contributed by atoms with van der Waals surface area (Å²) < 4.78 is 27.2. The van der Waals surface area contributed by atoms with Gasteiger partial charge < -0.3 is 23.7 Å². The molecule has 0 aliphatic heterocycles. The van der Waals surface area contributed by atoms with Gasteiger partial charge in [-0.3, -0.25) is 5.32 Å². The van der Waals surface area contributed by atoms with Gasteiger partial charge in [0.05, 0.1) is 10.2 Å². The van der Waals surface area contributed by atoms with Crippen LogP contribution in [0.5, 0.6) is 0 Å². The van der Waals surface area contributed by atoms with Gasteiger partial charge in [-0.15, -0.1) is 0 Å². The highest BCUT2D eigenvalue weighted by Gasteiger charge is 2.49. The van der Waals surface area contributed by atoms with E-state index in [2.05, 4.69) is 11.9 Å². The topological polar surface area (TPSA) is 92.3 Å². The Hall–Kier alpha value is -1.42. The van der Waals surface area contributed by atoms with Crippen LogP contribution in [0.4, 0.5) is 4.79 Å². The van der Waals surface area contributed by atoms with Crippen molar-refractivity contribution < 1.29 is 33.3 Å². The number of hydrogen-bond acceptors (Lipinski definition) is 7. The highest BCUT2D eigenvalue weighted by atomic mass is 28.1. The number of amides is 1. The Morgan fingerprint density at radius 1 is 1.08 bits per heavy atom. The first-order valence-corrected chi connectivity index (χ1v) is 9.32. The third-order valence-corrected chi connectivity index (χ3v) is 4.82. The molecule has 0 aromatic carbocycles. The lowest BCUT2D eigenvalue weighted by molar-refractivity contribution is -0.299. The minimum Gasteiger partial charge on any atom is -0.422 e. The Balaban J connectivity index is 5.12. The van der Waals surface area contributed by atoms with Gasteiger partial charge >= 0.3 is 12.1 Å². The van der Waals surface area contributed by atoms with Crippen LogP contribution in [0.15, 0.2) is 12.2 Å². The van der Waals surface area contributed by atoms with E-state index < -0.39 is 29.5 Å². The average Bonchev–Trinajstić information content (AvgIpc) is 2.47. The summed E-state index contributed by atoms with van der Waals surface area (Å²) in [6.45, 7) is 14.6. The molecule has 0 aromatic heterocycles. The van der Waals surface area contributed by atoms with E-state index in [1.807, 2.05) is 13.8 Å². The van der Waals surface area contributed by atoms with Gasteiger partial charge in [0.15, 0.2) is 5.35 Å². The fourth-order valence-electron chi connectivity index (χ4n) is 2.09. The first-order chi connectivity index (χ1) is 11.5. The molecule has 0 aliphatic rings.